The molecule has 0 radical (unpaired) electrons. The third kappa shape index (κ3) is 4.96. The maximum atomic E-state index is 5.79. The number of hydrogen-bond acceptors (Lipinski definition) is 6. The van der Waals surface area contributed by atoms with Gasteiger partial charge in [-0.25, -0.2) is 0 Å². The first-order valence-electron chi connectivity index (χ1n) is 5.40. The predicted octanol–water partition coefficient (Wildman–Crippen LogP) is 1.23. The molecular formula is C10H19N3O2S. The van der Waals surface area contributed by atoms with Gasteiger partial charge in [-0.1, -0.05) is 12.1 Å². The van der Waals surface area contributed by atoms with Crippen molar-refractivity contribution in [1.82, 2.24) is 10.1 Å². The SMILES string of the molecule is CCCSCc1noc(CC(N)COC)n1. The fourth-order valence-electron chi connectivity index (χ4n) is 1.24. The normalized spacial score (nSPS) is 12.9. The zero-order chi connectivity index (χ0) is 11.8. The molecule has 0 spiro atoms. The lowest BCUT2D eigenvalue weighted by atomic mass is 10.2. The van der Waals surface area contributed by atoms with E-state index in [1.165, 1.54) is 0 Å². The second-order valence-corrected chi connectivity index (χ2v) is 4.68. The van der Waals surface area contributed by atoms with Gasteiger partial charge < -0.3 is 15.0 Å². The molecule has 0 aliphatic rings. The molecule has 0 aliphatic carbocycles. The zero-order valence-corrected chi connectivity index (χ0v) is 10.6. The predicted molar refractivity (Wildman–Crippen MR) is 64.3 cm³/mol. The van der Waals surface area contributed by atoms with Gasteiger partial charge in [0.05, 0.1) is 12.4 Å². The summed E-state index contributed by atoms with van der Waals surface area (Å²) >= 11 is 1.81. The Hall–Kier alpha value is -0.590. The van der Waals surface area contributed by atoms with E-state index in [1.807, 2.05) is 11.8 Å². The summed E-state index contributed by atoms with van der Waals surface area (Å²) in [4.78, 5) is 4.27. The molecule has 1 aromatic heterocycles. The molecule has 6 heteroatoms. The molecule has 0 saturated heterocycles. The second-order valence-electron chi connectivity index (χ2n) is 3.58. The lowest BCUT2D eigenvalue weighted by molar-refractivity contribution is 0.176. The smallest absolute Gasteiger partial charge is 0.228 e. The van der Waals surface area contributed by atoms with Gasteiger partial charge in [0.25, 0.3) is 0 Å². The Kier molecular flexibility index (Phi) is 6.44. The minimum absolute atomic E-state index is 0.0819. The van der Waals surface area contributed by atoms with Gasteiger partial charge in [-0.15, -0.1) is 0 Å². The van der Waals surface area contributed by atoms with Crippen molar-refractivity contribution >= 4 is 11.8 Å². The summed E-state index contributed by atoms with van der Waals surface area (Å²) in [6, 6.07) is -0.0819. The van der Waals surface area contributed by atoms with Crippen LogP contribution in [0.4, 0.5) is 0 Å². The third-order valence-electron chi connectivity index (χ3n) is 1.91. The van der Waals surface area contributed by atoms with Crippen molar-refractivity contribution in [2.75, 3.05) is 19.5 Å². The van der Waals surface area contributed by atoms with Crippen LogP contribution < -0.4 is 5.73 Å². The van der Waals surface area contributed by atoms with E-state index in [0.717, 1.165) is 23.8 Å². The first-order valence-corrected chi connectivity index (χ1v) is 6.55. The van der Waals surface area contributed by atoms with Crippen LogP contribution in [0, 0.1) is 0 Å². The molecule has 2 N–H and O–H groups in total. The van der Waals surface area contributed by atoms with E-state index in [-0.39, 0.29) is 6.04 Å². The molecule has 1 rings (SSSR count). The molecule has 0 saturated carbocycles. The van der Waals surface area contributed by atoms with Crippen LogP contribution in [0.15, 0.2) is 4.52 Å². The molecular weight excluding hydrogens is 226 g/mol. The number of rotatable bonds is 8. The molecule has 0 aromatic carbocycles. The van der Waals surface area contributed by atoms with Crippen molar-refractivity contribution < 1.29 is 9.26 Å². The lowest BCUT2D eigenvalue weighted by Gasteiger charge is -2.05. The Morgan fingerprint density at radius 3 is 3.06 bits per heavy atom. The molecule has 1 atom stereocenters. The summed E-state index contributed by atoms with van der Waals surface area (Å²) in [6.07, 6.45) is 1.73. The highest BCUT2D eigenvalue weighted by molar-refractivity contribution is 7.98. The molecule has 1 aromatic rings. The highest BCUT2D eigenvalue weighted by atomic mass is 32.2. The first kappa shape index (κ1) is 13.5. The van der Waals surface area contributed by atoms with Crippen LogP contribution in [0.3, 0.4) is 0 Å². The van der Waals surface area contributed by atoms with Gasteiger partial charge in [-0.2, -0.15) is 16.7 Å². The van der Waals surface area contributed by atoms with Crippen molar-refractivity contribution in [2.45, 2.75) is 31.6 Å². The summed E-state index contributed by atoms with van der Waals surface area (Å²) in [5.41, 5.74) is 5.79. The molecule has 0 amide bonds. The van der Waals surface area contributed by atoms with Crippen molar-refractivity contribution in [3.8, 4) is 0 Å². The van der Waals surface area contributed by atoms with Gasteiger partial charge in [0.2, 0.25) is 5.89 Å². The van der Waals surface area contributed by atoms with Crippen LogP contribution in [0.5, 0.6) is 0 Å². The Morgan fingerprint density at radius 1 is 1.56 bits per heavy atom. The van der Waals surface area contributed by atoms with Crippen molar-refractivity contribution in [3.05, 3.63) is 11.7 Å². The Bertz CT molecular complexity index is 293. The average Bonchev–Trinajstić information content (AvgIpc) is 2.66. The summed E-state index contributed by atoms with van der Waals surface area (Å²) in [5, 5.41) is 3.90. The second kappa shape index (κ2) is 7.65. The van der Waals surface area contributed by atoms with Gasteiger partial charge in [0.1, 0.15) is 0 Å². The first-order chi connectivity index (χ1) is 7.76. The molecule has 0 fully saturated rings. The van der Waals surface area contributed by atoms with Crippen LogP contribution in [-0.2, 0) is 16.9 Å². The summed E-state index contributed by atoms with van der Waals surface area (Å²) in [6.45, 7) is 2.65. The number of methoxy groups -OCH3 is 1. The van der Waals surface area contributed by atoms with Crippen LogP contribution in [-0.4, -0.2) is 35.7 Å². The monoisotopic (exact) mass is 245 g/mol. The summed E-state index contributed by atoms with van der Waals surface area (Å²) < 4.78 is 10.0. The highest BCUT2D eigenvalue weighted by Gasteiger charge is 2.10. The number of nitrogens with two attached hydrogens (primary N) is 1. The molecule has 1 heterocycles. The summed E-state index contributed by atoms with van der Waals surface area (Å²) in [7, 11) is 1.63. The Morgan fingerprint density at radius 2 is 2.38 bits per heavy atom. The molecule has 5 nitrogen and oxygen atoms in total. The van der Waals surface area contributed by atoms with E-state index in [2.05, 4.69) is 17.1 Å². The van der Waals surface area contributed by atoms with Crippen molar-refractivity contribution in [2.24, 2.45) is 5.73 Å². The van der Waals surface area contributed by atoms with E-state index < -0.39 is 0 Å². The number of ether oxygens (including phenoxy) is 1. The van der Waals surface area contributed by atoms with E-state index in [4.69, 9.17) is 15.0 Å². The fraction of sp³-hybridized carbons (Fsp3) is 0.800. The molecule has 1 unspecified atom stereocenters. The fourth-order valence-corrected chi connectivity index (χ4v) is 1.97. The maximum Gasteiger partial charge on any atom is 0.228 e. The molecule has 16 heavy (non-hydrogen) atoms. The summed E-state index contributed by atoms with van der Waals surface area (Å²) in [5.74, 6) is 3.26. The third-order valence-corrected chi connectivity index (χ3v) is 3.07. The minimum Gasteiger partial charge on any atom is -0.383 e. The van der Waals surface area contributed by atoms with E-state index >= 15 is 0 Å². The average molecular weight is 245 g/mol. The number of thioether (sulfide) groups is 1. The van der Waals surface area contributed by atoms with Crippen LogP contribution in [0.2, 0.25) is 0 Å². The van der Waals surface area contributed by atoms with E-state index in [0.29, 0.717) is 18.9 Å². The number of hydrogen-bond donors (Lipinski definition) is 1. The van der Waals surface area contributed by atoms with Crippen LogP contribution in [0.1, 0.15) is 25.1 Å². The molecule has 0 aliphatic heterocycles. The molecule has 0 bridgehead atoms. The molecule has 92 valence electrons. The number of aromatic nitrogens is 2. The van der Waals surface area contributed by atoms with Crippen molar-refractivity contribution in [3.63, 3.8) is 0 Å². The van der Waals surface area contributed by atoms with Crippen molar-refractivity contribution in [1.29, 1.82) is 0 Å². The Balaban J connectivity index is 2.33. The standard InChI is InChI=1S/C10H19N3O2S/c1-3-4-16-7-9-12-10(15-13-9)5-8(11)6-14-2/h8H,3-7,11H2,1-2H3. The van der Waals surface area contributed by atoms with Crippen LogP contribution in [0.25, 0.3) is 0 Å². The van der Waals surface area contributed by atoms with Gasteiger partial charge >= 0.3 is 0 Å². The largest absolute Gasteiger partial charge is 0.383 e. The van der Waals surface area contributed by atoms with E-state index in [9.17, 15) is 0 Å². The number of nitrogens with zero attached hydrogens (tertiary/aromatic N) is 2. The topological polar surface area (TPSA) is 74.2 Å². The van der Waals surface area contributed by atoms with Gasteiger partial charge in [-0.3, -0.25) is 0 Å². The van der Waals surface area contributed by atoms with Crippen LogP contribution >= 0.6 is 11.8 Å². The zero-order valence-electron chi connectivity index (χ0n) is 9.81. The minimum atomic E-state index is -0.0819. The van der Waals surface area contributed by atoms with Gasteiger partial charge in [0.15, 0.2) is 5.82 Å². The highest BCUT2D eigenvalue weighted by Crippen LogP contribution is 2.10. The lowest BCUT2D eigenvalue weighted by Crippen LogP contribution is -2.28. The Labute approximate surface area is 100 Å². The van der Waals surface area contributed by atoms with E-state index in [1.54, 1.807) is 7.11 Å². The maximum absolute atomic E-state index is 5.79. The van der Waals surface area contributed by atoms with Gasteiger partial charge in [-0.05, 0) is 12.2 Å². The quantitative estimate of drug-likeness (QED) is 0.694. The van der Waals surface area contributed by atoms with Gasteiger partial charge in [0, 0.05) is 19.6 Å².